The lowest BCUT2D eigenvalue weighted by atomic mass is 10.2. The Morgan fingerprint density at radius 3 is 3.05 bits per heavy atom. The van der Waals surface area contributed by atoms with Crippen molar-refractivity contribution in [3.8, 4) is 0 Å². The fourth-order valence-corrected chi connectivity index (χ4v) is 2.95. The first-order valence-corrected chi connectivity index (χ1v) is 7.21. The van der Waals surface area contributed by atoms with E-state index in [-0.39, 0.29) is 5.91 Å². The summed E-state index contributed by atoms with van der Waals surface area (Å²) in [5.41, 5.74) is 1.67. The maximum Gasteiger partial charge on any atom is 0.270 e. The third-order valence-corrected chi connectivity index (χ3v) is 4.19. The van der Waals surface area contributed by atoms with Crippen molar-refractivity contribution in [2.75, 3.05) is 20.1 Å². The molecule has 2 heterocycles. The summed E-state index contributed by atoms with van der Waals surface area (Å²) < 4.78 is 1.02. The highest BCUT2D eigenvalue weighted by molar-refractivity contribution is 9.10. The number of hydrogen-bond donors (Lipinski definition) is 2. The van der Waals surface area contributed by atoms with Crippen LogP contribution < -0.4 is 5.32 Å². The molecule has 2 N–H and O–H groups in total. The Kier molecular flexibility index (Phi) is 3.33. The van der Waals surface area contributed by atoms with Gasteiger partial charge in [-0.25, -0.2) is 0 Å². The fraction of sp³-hybridized carbons (Fsp3) is 0.357. The first-order valence-electron chi connectivity index (χ1n) is 6.42. The number of hydrogen-bond acceptors (Lipinski definition) is 2. The molecule has 1 aliphatic heterocycles. The number of nitrogens with one attached hydrogen (secondary N) is 2. The standard InChI is InChI=1S/C14H16BrN3O/c1-16-11-4-5-18(8-11)14(19)13-7-9-6-10(15)2-3-12(9)17-13/h2-3,6-7,11,16-17H,4-5,8H2,1H3/t11-/m1/s1. The van der Waals surface area contributed by atoms with Gasteiger partial charge in [0.05, 0.1) is 0 Å². The van der Waals surface area contributed by atoms with E-state index in [1.165, 1.54) is 0 Å². The smallest absolute Gasteiger partial charge is 0.270 e. The summed E-state index contributed by atoms with van der Waals surface area (Å²) in [5, 5.41) is 4.28. The Bertz CT molecular complexity index is 622. The van der Waals surface area contributed by atoms with Gasteiger partial charge in [0.25, 0.3) is 5.91 Å². The van der Waals surface area contributed by atoms with Crippen LogP contribution in [0.1, 0.15) is 16.9 Å². The van der Waals surface area contributed by atoms with Crippen molar-refractivity contribution in [1.29, 1.82) is 0 Å². The second-order valence-corrected chi connectivity index (χ2v) is 5.86. The van der Waals surface area contributed by atoms with Gasteiger partial charge in [0, 0.05) is 34.5 Å². The number of aromatic nitrogens is 1. The summed E-state index contributed by atoms with van der Waals surface area (Å²) in [6.07, 6.45) is 1.02. The van der Waals surface area contributed by atoms with Gasteiger partial charge in [0.15, 0.2) is 0 Å². The third kappa shape index (κ3) is 2.40. The number of H-pyrrole nitrogens is 1. The van der Waals surface area contributed by atoms with E-state index >= 15 is 0 Å². The predicted molar refractivity (Wildman–Crippen MR) is 79.4 cm³/mol. The van der Waals surface area contributed by atoms with Crippen LogP contribution in [0.3, 0.4) is 0 Å². The molecule has 0 radical (unpaired) electrons. The minimum atomic E-state index is 0.0880. The van der Waals surface area contributed by atoms with Gasteiger partial charge in [-0.1, -0.05) is 15.9 Å². The highest BCUT2D eigenvalue weighted by Gasteiger charge is 2.26. The van der Waals surface area contributed by atoms with Gasteiger partial charge in [-0.2, -0.15) is 0 Å². The second-order valence-electron chi connectivity index (χ2n) is 4.94. The van der Waals surface area contributed by atoms with Gasteiger partial charge in [0.2, 0.25) is 0 Å². The number of likely N-dealkylation sites (tertiary alicyclic amines) is 1. The zero-order valence-electron chi connectivity index (χ0n) is 10.7. The van der Waals surface area contributed by atoms with Crippen molar-refractivity contribution in [1.82, 2.24) is 15.2 Å². The minimum Gasteiger partial charge on any atom is -0.351 e. The normalized spacial score (nSPS) is 19.3. The molecular formula is C14H16BrN3O. The lowest BCUT2D eigenvalue weighted by molar-refractivity contribution is 0.0785. The Morgan fingerprint density at radius 1 is 1.47 bits per heavy atom. The van der Waals surface area contributed by atoms with Crippen LogP contribution in [0.5, 0.6) is 0 Å². The maximum atomic E-state index is 12.4. The number of nitrogens with zero attached hydrogens (tertiary/aromatic N) is 1. The summed E-state index contributed by atoms with van der Waals surface area (Å²) in [6.45, 7) is 1.61. The zero-order chi connectivity index (χ0) is 13.4. The number of benzene rings is 1. The summed E-state index contributed by atoms with van der Waals surface area (Å²) in [6, 6.07) is 8.32. The quantitative estimate of drug-likeness (QED) is 0.892. The van der Waals surface area contributed by atoms with E-state index in [0.29, 0.717) is 11.7 Å². The predicted octanol–water partition coefficient (Wildman–Crippen LogP) is 2.36. The van der Waals surface area contributed by atoms with Crippen LogP contribution in [0, 0.1) is 0 Å². The average Bonchev–Trinajstić information content (AvgIpc) is 3.03. The first kappa shape index (κ1) is 12.7. The number of carbonyl (C=O) groups is 1. The summed E-state index contributed by atoms with van der Waals surface area (Å²) >= 11 is 3.44. The molecule has 0 spiro atoms. The SMILES string of the molecule is CN[C@@H]1CCN(C(=O)c2cc3cc(Br)ccc3[nH]2)C1. The van der Waals surface area contributed by atoms with Gasteiger partial charge in [-0.3, -0.25) is 4.79 Å². The molecule has 1 atom stereocenters. The number of aromatic amines is 1. The highest BCUT2D eigenvalue weighted by atomic mass is 79.9. The molecule has 0 unspecified atom stereocenters. The van der Waals surface area contributed by atoms with E-state index in [2.05, 4.69) is 26.2 Å². The van der Waals surface area contributed by atoms with Crippen molar-refractivity contribution in [3.63, 3.8) is 0 Å². The monoisotopic (exact) mass is 321 g/mol. The average molecular weight is 322 g/mol. The molecule has 4 nitrogen and oxygen atoms in total. The minimum absolute atomic E-state index is 0.0880. The zero-order valence-corrected chi connectivity index (χ0v) is 12.3. The summed E-state index contributed by atoms with van der Waals surface area (Å²) in [4.78, 5) is 17.5. The van der Waals surface area contributed by atoms with Crippen LogP contribution >= 0.6 is 15.9 Å². The molecule has 1 aliphatic rings. The lowest BCUT2D eigenvalue weighted by Crippen LogP contribution is -2.33. The van der Waals surface area contributed by atoms with Crippen molar-refractivity contribution < 1.29 is 4.79 Å². The number of carbonyl (C=O) groups excluding carboxylic acids is 1. The molecule has 5 heteroatoms. The molecule has 100 valence electrons. The number of fused-ring (bicyclic) bond motifs is 1. The van der Waals surface area contributed by atoms with E-state index < -0.39 is 0 Å². The molecule has 0 bridgehead atoms. The molecule has 19 heavy (non-hydrogen) atoms. The number of rotatable bonds is 2. The third-order valence-electron chi connectivity index (χ3n) is 3.70. The van der Waals surface area contributed by atoms with Crippen LogP contribution in [0.25, 0.3) is 10.9 Å². The summed E-state index contributed by atoms with van der Waals surface area (Å²) in [5.74, 6) is 0.0880. The Balaban J connectivity index is 1.86. The van der Waals surface area contributed by atoms with Crippen LogP contribution in [-0.2, 0) is 0 Å². The molecule has 1 fully saturated rings. The lowest BCUT2D eigenvalue weighted by Gasteiger charge is -2.15. The topological polar surface area (TPSA) is 48.1 Å². The van der Waals surface area contributed by atoms with Crippen molar-refractivity contribution in [2.24, 2.45) is 0 Å². The molecule has 1 amide bonds. The van der Waals surface area contributed by atoms with Gasteiger partial charge in [-0.15, -0.1) is 0 Å². The molecular weight excluding hydrogens is 306 g/mol. The molecule has 3 rings (SSSR count). The maximum absolute atomic E-state index is 12.4. The van der Waals surface area contributed by atoms with Crippen molar-refractivity contribution in [2.45, 2.75) is 12.5 Å². The Hall–Kier alpha value is -1.33. The highest BCUT2D eigenvalue weighted by Crippen LogP contribution is 2.22. The van der Waals surface area contributed by atoms with E-state index in [4.69, 9.17) is 0 Å². The van der Waals surface area contributed by atoms with Gasteiger partial charge in [0.1, 0.15) is 5.69 Å². The van der Waals surface area contributed by atoms with E-state index in [1.807, 2.05) is 36.2 Å². The first-order chi connectivity index (χ1) is 9.17. The molecule has 0 saturated carbocycles. The van der Waals surface area contributed by atoms with Gasteiger partial charge < -0.3 is 15.2 Å². The molecule has 2 aromatic rings. The van der Waals surface area contributed by atoms with E-state index in [1.54, 1.807) is 0 Å². The summed E-state index contributed by atoms with van der Waals surface area (Å²) in [7, 11) is 1.94. The van der Waals surface area contributed by atoms with Crippen LogP contribution in [-0.4, -0.2) is 42.0 Å². The van der Waals surface area contributed by atoms with E-state index in [0.717, 1.165) is 34.9 Å². The fourth-order valence-electron chi connectivity index (χ4n) is 2.57. The molecule has 0 aliphatic carbocycles. The Labute approximate surface area is 120 Å². The number of halogens is 1. The van der Waals surface area contributed by atoms with Gasteiger partial charge in [-0.05, 0) is 37.7 Å². The van der Waals surface area contributed by atoms with Gasteiger partial charge >= 0.3 is 0 Å². The van der Waals surface area contributed by atoms with Crippen molar-refractivity contribution >= 4 is 32.7 Å². The largest absolute Gasteiger partial charge is 0.351 e. The number of amides is 1. The Morgan fingerprint density at radius 2 is 2.32 bits per heavy atom. The number of likely N-dealkylation sites (N-methyl/N-ethyl adjacent to an activating group) is 1. The van der Waals surface area contributed by atoms with Crippen LogP contribution in [0.4, 0.5) is 0 Å². The van der Waals surface area contributed by atoms with Crippen molar-refractivity contribution in [3.05, 3.63) is 34.4 Å². The second kappa shape index (κ2) is 4.98. The molecule has 1 aromatic heterocycles. The molecule has 1 saturated heterocycles. The van der Waals surface area contributed by atoms with Crippen LogP contribution in [0.15, 0.2) is 28.7 Å². The molecule has 1 aromatic carbocycles. The van der Waals surface area contributed by atoms with E-state index in [9.17, 15) is 4.79 Å². The van der Waals surface area contributed by atoms with Crippen LogP contribution in [0.2, 0.25) is 0 Å².